The molecule has 0 spiro atoms. The van der Waals surface area contributed by atoms with Crippen LogP contribution in [0, 0.1) is 12.8 Å². The summed E-state index contributed by atoms with van der Waals surface area (Å²) in [4.78, 5) is 25.2. The highest BCUT2D eigenvalue weighted by Gasteiger charge is 2.37. The largest absolute Gasteiger partial charge is 0.480 e. The van der Waals surface area contributed by atoms with Crippen molar-refractivity contribution in [3.05, 3.63) is 41.5 Å². The van der Waals surface area contributed by atoms with Gasteiger partial charge in [0.25, 0.3) is 0 Å². The molecule has 2 aliphatic carbocycles. The highest BCUT2D eigenvalue weighted by Crippen LogP contribution is 2.33. The number of hydrogen-bond acceptors (Lipinski definition) is 3. The number of carbonyl (C=O) groups excluding carboxylic acids is 1. The first kappa shape index (κ1) is 18.6. The SMILES string of the molecule is Cc1ccc(/C=C/CC(=O)NC2CC(N(CC(=O)O)CC3CC3)C2)cc1. The fourth-order valence-electron chi connectivity index (χ4n) is 3.42. The van der Waals surface area contributed by atoms with Crippen LogP contribution in [0.3, 0.4) is 0 Å². The summed E-state index contributed by atoms with van der Waals surface area (Å²) in [7, 11) is 0. The maximum absolute atomic E-state index is 12.1. The fraction of sp³-hybridized carbons (Fsp3) is 0.524. The van der Waals surface area contributed by atoms with Gasteiger partial charge in [-0.25, -0.2) is 0 Å². The van der Waals surface area contributed by atoms with Crippen LogP contribution in [-0.2, 0) is 9.59 Å². The summed E-state index contributed by atoms with van der Waals surface area (Å²) in [6, 6.07) is 8.65. The van der Waals surface area contributed by atoms with E-state index >= 15 is 0 Å². The molecule has 1 amide bonds. The van der Waals surface area contributed by atoms with Crippen molar-refractivity contribution in [3.8, 4) is 0 Å². The summed E-state index contributed by atoms with van der Waals surface area (Å²) < 4.78 is 0. The van der Waals surface area contributed by atoms with Crippen molar-refractivity contribution in [2.75, 3.05) is 13.1 Å². The van der Waals surface area contributed by atoms with Gasteiger partial charge in [-0.1, -0.05) is 42.0 Å². The third kappa shape index (κ3) is 5.70. The maximum Gasteiger partial charge on any atom is 0.317 e. The average Bonchev–Trinajstić information content (AvgIpc) is 3.35. The lowest BCUT2D eigenvalue weighted by molar-refractivity contribution is -0.140. The molecule has 0 bridgehead atoms. The summed E-state index contributed by atoms with van der Waals surface area (Å²) in [5, 5.41) is 12.1. The quantitative estimate of drug-likeness (QED) is 0.714. The van der Waals surface area contributed by atoms with Gasteiger partial charge in [-0.3, -0.25) is 14.5 Å². The first-order valence-electron chi connectivity index (χ1n) is 9.48. The zero-order chi connectivity index (χ0) is 18.5. The van der Waals surface area contributed by atoms with E-state index in [-0.39, 0.29) is 18.5 Å². The van der Waals surface area contributed by atoms with Gasteiger partial charge in [0.1, 0.15) is 0 Å². The molecule has 3 rings (SSSR count). The third-order valence-electron chi connectivity index (χ3n) is 5.21. The van der Waals surface area contributed by atoms with Crippen molar-refractivity contribution < 1.29 is 14.7 Å². The van der Waals surface area contributed by atoms with Crippen molar-refractivity contribution in [1.29, 1.82) is 0 Å². The number of aliphatic carboxylic acids is 1. The van der Waals surface area contributed by atoms with E-state index in [0.29, 0.717) is 18.4 Å². The molecular formula is C21H28N2O3. The Hall–Kier alpha value is -2.14. The number of carbonyl (C=O) groups is 2. The number of amides is 1. The second-order valence-electron chi connectivity index (χ2n) is 7.67. The smallest absolute Gasteiger partial charge is 0.317 e. The van der Waals surface area contributed by atoms with E-state index in [2.05, 4.69) is 29.3 Å². The topological polar surface area (TPSA) is 69.6 Å². The molecule has 2 aliphatic rings. The molecule has 2 fully saturated rings. The van der Waals surface area contributed by atoms with E-state index in [1.165, 1.54) is 18.4 Å². The Labute approximate surface area is 155 Å². The molecule has 0 saturated heterocycles. The van der Waals surface area contributed by atoms with E-state index in [4.69, 9.17) is 5.11 Å². The molecule has 140 valence electrons. The molecule has 2 N–H and O–H groups in total. The number of carboxylic acids is 1. The first-order valence-corrected chi connectivity index (χ1v) is 9.48. The monoisotopic (exact) mass is 356 g/mol. The molecule has 5 nitrogen and oxygen atoms in total. The van der Waals surface area contributed by atoms with Gasteiger partial charge in [-0.15, -0.1) is 0 Å². The number of nitrogens with one attached hydrogen (secondary N) is 1. The van der Waals surface area contributed by atoms with Crippen molar-refractivity contribution in [3.63, 3.8) is 0 Å². The molecule has 1 aromatic rings. The maximum atomic E-state index is 12.1. The molecule has 0 heterocycles. The predicted molar refractivity (Wildman–Crippen MR) is 102 cm³/mol. The highest BCUT2D eigenvalue weighted by atomic mass is 16.4. The van der Waals surface area contributed by atoms with Crippen LogP contribution in [-0.4, -0.2) is 47.1 Å². The van der Waals surface area contributed by atoms with Crippen LogP contribution in [0.25, 0.3) is 6.08 Å². The molecule has 2 saturated carbocycles. The lowest BCUT2D eigenvalue weighted by Crippen LogP contribution is -2.55. The summed E-state index contributed by atoms with van der Waals surface area (Å²) in [5.74, 6) is -0.0573. The van der Waals surface area contributed by atoms with Gasteiger partial charge in [-0.2, -0.15) is 0 Å². The second kappa shape index (κ2) is 8.49. The lowest BCUT2D eigenvalue weighted by atomic mass is 9.85. The number of hydrogen-bond donors (Lipinski definition) is 2. The van der Waals surface area contributed by atoms with E-state index in [0.717, 1.165) is 24.9 Å². The van der Waals surface area contributed by atoms with Crippen molar-refractivity contribution in [2.45, 2.75) is 51.1 Å². The normalized spacial score (nSPS) is 22.4. The Morgan fingerprint density at radius 2 is 1.92 bits per heavy atom. The number of rotatable bonds is 9. The zero-order valence-electron chi connectivity index (χ0n) is 15.4. The molecule has 0 aliphatic heterocycles. The van der Waals surface area contributed by atoms with E-state index < -0.39 is 5.97 Å². The fourth-order valence-corrected chi connectivity index (χ4v) is 3.42. The Balaban J connectivity index is 1.37. The summed E-state index contributed by atoms with van der Waals surface area (Å²) in [6.07, 6.45) is 8.37. The minimum absolute atomic E-state index is 0.0313. The van der Waals surface area contributed by atoms with Crippen LogP contribution in [0.1, 0.15) is 43.2 Å². The summed E-state index contributed by atoms with van der Waals surface area (Å²) in [6.45, 7) is 3.05. The van der Waals surface area contributed by atoms with Gasteiger partial charge in [0, 0.05) is 25.0 Å². The predicted octanol–water partition coefficient (Wildman–Crippen LogP) is 2.84. The van der Waals surface area contributed by atoms with Crippen molar-refractivity contribution in [2.24, 2.45) is 5.92 Å². The molecule has 1 aromatic carbocycles. The summed E-state index contributed by atoms with van der Waals surface area (Å²) >= 11 is 0. The molecule has 0 aromatic heterocycles. The minimum Gasteiger partial charge on any atom is -0.480 e. The molecule has 5 heteroatoms. The Morgan fingerprint density at radius 1 is 1.23 bits per heavy atom. The lowest BCUT2D eigenvalue weighted by Gasteiger charge is -2.42. The third-order valence-corrected chi connectivity index (χ3v) is 5.21. The van der Waals surface area contributed by atoms with Crippen LogP contribution in [0.2, 0.25) is 0 Å². The first-order chi connectivity index (χ1) is 12.5. The Kier molecular flexibility index (Phi) is 6.09. The number of nitrogens with zero attached hydrogens (tertiary/aromatic N) is 1. The summed E-state index contributed by atoms with van der Waals surface area (Å²) in [5.41, 5.74) is 2.31. The van der Waals surface area contributed by atoms with Gasteiger partial charge < -0.3 is 10.4 Å². The van der Waals surface area contributed by atoms with Crippen molar-refractivity contribution in [1.82, 2.24) is 10.2 Å². The van der Waals surface area contributed by atoms with Gasteiger partial charge in [0.05, 0.1) is 6.54 Å². The molecule has 0 atom stereocenters. The van der Waals surface area contributed by atoms with Crippen LogP contribution < -0.4 is 5.32 Å². The molecular weight excluding hydrogens is 328 g/mol. The van der Waals surface area contributed by atoms with E-state index in [9.17, 15) is 9.59 Å². The number of carboxylic acid groups (broad SMARTS) is 1. The molecule has 0 unspecified atom stereocenters. The van der Waals surface area contributed by atoms with Crippen LogP contribution in [0.15, 0.2) is 30.3 Å². The van der Waals surface area contributed by atoms with Crippen molar-refractivity contribution >= 4 is 18.0 Å². The minimum atomic E-state index is -0.764. The zero-order valence-corrected chi connectivity index (χ0v) is 15.4. The van der Waals surface area contributed by atoms with E-state index in [1.54, 1.807) is 0 Å². The van der Waals surface area contributed by atoms with Crippen LogP contribution in [0.5, 0.6) is 0 Å². The Morgan fingerprint density at radius 3 is 2.54 bits per heavy atom. The van der Waals surface area contributed by atoms with Gasteiger partial charge in [0.15, 0.2) is 0 Å². The number of benzene rings is 1. The molecule has 0 radical (unpaired) electrons. The van der Waals surface area contributed by atoms with E-state index in [1.807, 2.05) is 24.3 Å². The van der Waals surface area contributed by atoms with Crippen LogP contribution in [0.4, 0.5) is 0 Å². The highest BCUT2D eigenvalue weighted by molar-refractivity contribution is 5.79. The van der Waals surface area contributed by atoms with Gasteiger partial charge in [0.2, 0.25) is 5.91 Å². The Bertz CT molecular complexity index is 658. The molecule has 26 heavy (non-hydrogen) atoms. The van der Waals surface area contributed by atoms with Gasteiger partial charge >= 0.3 is 5.97 Å². The average molecular weight is 356 g/mol. The number of aryl methyl sites for hydroxylation is 1. The standard InChI is InChI=1S/C21H28N2O3/c1-15-5-7-16(8-6-15)3-2-4-20(24)22-18-11-19(12-18)23(14-21(25)26)13-17-9-10-17/h2-3,5-8,17-19H,4,9-14H2,1H3,(H,22,24)(H,25,26)/b3-2+. The van der Waals surface area contributed by atoms with Crippen LogP contribution >= 0.6 is 0 Å². The van der Waals surface area contributed by atoms with Gasteiger partial charge in [-0.05, 0) is 44.1 Å². The second-order valence-corrected chi connectivity index (χ2v) is 7.67.